The van der Waals surface area contributed by atoms with Gasteiger partial charge in [-0.3, -0.25) is 9.59 Å². The maximum absolute atomic E-state index is 13.5. The Labute approximate surface area is 466 Å². The molecule has 0 bridgehead atoms. The number of esters is 1. The van der Waals surface area contributed by atoms with Gasteiger partial charge in [-0.15, -0.1) is 0 Å². The van der Waals surface area contributed by atoms with Crippen molar-refractivity contribution in [1.82, 2.24) is 0 Å². The molecule has 12 heteroatoms. The molecule has 1 unspecified atom stereocenters. The summed E-state index contributed by atoms with van der Waals surface area (Å²) in [5.74, 6) is 2.43. The first-order valence-corrected chi connectivity index (χ1v) is 27.8. The maximum Gasteiger partial charge on any atom is 0.336 e. The van der Waals surface area contributed by atoms with Gasteiger partial charge in [0.1, 0.15) is 35.4 Å². The normalized spacial score (nSPS) is 15.6. The number of amides is 2. The lowest BCUT2D eigenvalue weighted by molar-refractivity contribution is -0.195. The fraction of sp³-hybridized carbons (Fsp3) is 0.358. The number of rotatable bonds is 26. The molecule has 0 radical (unpaired) electrons. The van der Waals surface area contributed by atoms with E-state index in [1.807, 2.05) is 60.7 Å². The monoisotopic (exact) mass is 1070 g/mol. The molecule has 1 atom stereocenters. The lowest BCUT2D eigenvalue weighted by atomic mass is 9.72. The van der Waals surface area contributed by atoms with E-state index in [4.69, 9.17) is 33.5 Å². The summed E-state index contributed by atoms with van der Waals surface area (Å²) in [4.78, 5) is 51.5. The van der Waals surface area contributed by atoms with E-state index in [1.54, 1.807) is 67.8 Å². The molecular weight excluding hydrogens is 993 g/mol. The number of hydrogen-bond acceptors (Lipinski definition) is 10. The van der Waals surface area contributed by atoms with Crippen LogP contribution in [0.5, 0.6) is 34.5 Å². The zero-order chi connectivity index (χ0) is 56.0. The van der Waals surface area contributed by atoms with Crippen LogP contribution in [-0.4, -0.2) is 51.8 Å². The van der Waals surface area contributed by atoms with Crippen LogP contribution in [0, 0.1) is 0 Å². The Hall–Kier alpha value is -7.83. The summed E-state index contributed by atoms with van der Waals surface area (Å²) < 4.78 is 29.0. The first-order chi connectivity index (χ1) is 38.1. The first kappa shape index (κ1) is 57.3. The Kier molecular flexibility index (Phi) is 19.0. The predicted molar refractivity (Wildman–Crippen MR) is 313 cm³/mol. The molecule has 79 heavy (non-hydrogen) atoms. The molecule has 2 N–H and O–H groups in total. The lowest BCUT2D eigenvalue weighted by Gasteiger charge is -2.30. The van der Waals surface area contributed by atoms with E-state index in [0.717, 1.165) is 61.2 Å². The van der Waals surface area contributed by atoms with Crippen molar-refractivity contribution in [1.29, 1.82) is 0 Å². The number of carbonyl (C=O) groups excluding carboxylic acids is 3. The standard InChI is InChI=1S/C67H76N2O10/c1-9-11-13-15-37-75-50-26-22-48(23-27-50)63(71)68-58-34-19-46(40-60(58)73-7)18-17-39-77-79-53-31-33-55-57(43-53)67(45-66(55,5)6)44-65(3,4)54-32-30-52(42-56(54)67)78-62(70)36-21-47-20-35-59(61(41-47)74-8)69-64(72)49-24-28-51(29-25-49)76-38-16-14-12-10-2/h17-36,40-43H,9-16,37-39,44-45H2,1-8H3,(H,68,71)(H,69,72). The Morgan fingerprint density at radius 1 is 0.519 bits per heavy atom. The minimum absolute atomic E-state index is 0.147. The van der Waals surface area contributed by atoms with Crippen LogP contribution in [0.4, 0.5) is 11.4 Å². The Morgan fingerprint density at radius 2 is 0.987 bits per heavy atom. The van der Waals surface area contributed by atoms with Gasteiger partial charge in [-0.2, -0.15) is 4.89 Å². The molecule has 1 spiro atoms. The highest BCUT2D eigenvalue weighted by atomic mass is 17.2. The molecule has 6 aromatic rings. The second kappa shape index (κ2) is 26.2. The molecule has 414 valence electrons. The largest absolute Gasteiger partial charge is 0.495 e. The fourth-order valence-corrected chi connectivity index (χ4v) is 11.1. The average Bonchev–Trinajstić information content (AvgIpc) is 2.91. The number of fused-ring (bicyclic) bond motifs is 4. The van der Waals surface area contributed by atoms with Gasteiger partial charge in [0.2, 0.25) is 0 Å². The molecule has 8 rings (SSSR count). The van der Waals surface area contributed by atoms with Crippen molar-refractivity contribution in [3.8, 4) is 34.5 Å². The number of methoxy groups -OCH3 is 2. The zero-order valence-corrected chi connectivity index (χ0v) is 47.1. The number of unbranched alkanes of at least 4 members (excludes halogenated alkanes) is 6. The zero-order valence-electron chi connectivity index (χ0n) is 47.1. The van der Waals surface area contributed by atoms with E-state index >= 15 is 0 Å². The van der Waals surface area contributed by atoms with E-state index in [-0.39, 0.29) is 34.7 Å². The van der Waals surface area contributed by atoms with E-state index in [2.05, 4.69) is 70.4 Å². The van der Waals surface area contributed by atoms with E-state index in [9.17, 15) is 14.4 Å². The number of hydrogen-bond donors (Lipinski definition) is 2. The molecule has 0 aliphatic heterocycles. The molecule has 2 amide bonds. The van der Waals surface area contributed by atoms with Crippen LogP contribution >= 0.6 is 0 Å². The minimum Gasteiger partial charge on any atom is -0.495 e. The number of benzene rings is 6. The lowest BCUT2D eigenvalue weighted by Crippen LogP contribution is -2.27. The van der Waals surface area contributed by atoms with Gasteiger partial charge in [0.25, 0.3) is 11.8 Å². The van der Waals surface area contributed by atoms with Crippen LogP contribution in [-0.2, 0) is 25.9 Å². The Balaban J connectivity index is 0.872. The first-order valence-electron chi connectivity index (χ1n) is 27.8. The fourth-order valence-electron chi connectivity index (χ4n) is 11.1. The van der Waals surface area contributed by atoms with Crippen molar-refractivity contribution in [3.63, 3.8) is 0 Å². The van der Waals surface area contributed by atoms with Gasteiger partial charge in [0.15, 0.2) is 5.75 Å². The second-order valence-corrected chi connectivity index (χ2v) is 21.8. The van der Waals surface area contributed by atoms with Gasteiger partial charge in [-0.25, -0.2) is 4.79 Å². The van der Waals surface area contributed by atoms with Crippen molar-refractivity contribution in [2.24, 2.45) is 0 Å². The molecule has 0 saturated carbocycles. The van der Waals surface area contributed by atoms with Gasteiger partial charge < -0.3 is 39.2 Å². The maximum atomic E-state index is 13.5. The number of nitrogens with one attached hydrogen (secondary N) is 2. The smallest absolute Gasteiger partial charge is 0.336 e. The Morgan fingerprint density at radius 3 is 1.48 bits per heavy atom. The van der Waals surface area contributed by atoms with Gasteiger partial charge >= 0.3 is 5.97 Å². The molecule has 6 aromatic carbocycles. The summed E-state index contributed by atoms with van der Waals surface area (Å²) in [6.07, 6.45) is 17.6. The van der Waals surface area contributed by atoms with Crippen LogP contribution in [0.2, 0.25) is 0 Å². The van der Waals surface area contributed by atoms with Crippen LogP contribution in [0.1, 0.15) is 160 Å². The highest BCUT2D eigenvalue weighted by molar-refractivity contribution is 6.06. The topological polar surface area (TPSA) is 140 Å². The summed E-state index contributed by atoms with van der Waals surface area (Å²) in [6, 6.07) is 37.3. The third kappa shape index (κ3) is 14.3. The third-order valence-electron chi connectivity index (χ3n) is 14.9. The van der Waals surface area contributed by atoms with Gasteiger partial charge in [0.05, 0.1) is 38.8 Å². The van der Waals surface area contributed by atoms with Crippen LogP contribution in [0.3, 0.4) is 0 Å². The number of ether oxygens (including phenoxy) is 5. The van der Waals surface area contributed by atoms with Crippen molar-refractivity contribution >= 4 is 41.3 Å². The summed E-state index contributed by atoms with van der Waals surface area (Å²) in [5, 5.41) is 5.90. The van der Waals surface area contributed by atoms with Gasteiger partial charge in [-0.1, -0.05) is 116 Å². The molecular formula is C67H76N2O10. The van der Waals surface area contributed by atoms with Gasteiger partial charge in [0, 0.05) is 22.6 Å². The molecule has 0 fully saturated rings. The van der Waals surface area contributed by atoms with Crippen molar-refractivity contribution in [2.45, 2.75) is 122 Å². The SMILES string of the molecule is CCCCCCOc1ccc(C(=O)Nc2ccc(C=CCOOc3ccc4c(c3)C3(CC4(C)C)CC(C)(C)c4ccc(OC(=O)C=Cc5ccc(NC(=O)c6ccc(OCCCCCC)cc6)c(OC)c5)cc43)cc2OC)cc1. The molecule has 0 aromatic heterocycles. The third-order valence-corrected chi connectivity index (χ3v) is 14.9. The van der Waals surface area contributed by atoms with E-state index < -0.39 is 5.97 Å². The molecule has 2 aliphatic rings. The summed E-state index contributed by atoms with van der Waals surface area (Å²) in [7, 11) is 3.11. The highest BCUT2D eigenvalue weighted by Crippen LogP contribution is 2.63. The van der Waals surface area contributed by atoms with Crippen molar-refractivity contribution < 1.29 is 47.8 Å². The quantitative estimate of drug-likeness (QED) is 0.0135. The minimum atomic E-state index is -0.526. The highest BCUT2D eigenvalue weighted by Gasteiger charge is 2.56. The van der Waals surface area contributed by atoms with E-state index in [1.165, 1.54) is 55.6 Å². The molecule has 2 aliphatic carbocycles. The van der Waals surface area contributed by atoms with Crippen molar-refractivity contribution in [2.75, 3.05) is 44.7 Å². The van der Waals surface area contributed by atoms with Gasteiger partial charge in [-0.05, 0) is 173 Å². The summed E-state index contributed by atoms with van der Waals surface area (Å²) >= 11 is 0. The van der Waals surface area contributed by atoms with Crippen LogP contribution in [0.15, 0.2) is 133 Å². The molecule has 0 saturated heterocycles. The average molecular weight is 1070 g/mol. The second-order valence-electron chi connectivity index (χ2n) is 21.8. The van der Waals surface area contributed by atoms with E-state index in [0.29, 0.717) is 64.3 Å². The predicted octanol–water partition coefficient (Wildman–Crippen LogP) is 15.4. The van der Waals surface area contributed by atoms with Crippen LogP contribution < -0.4 is 39.2 Å². The molecule has 12 nitrogen and oxygen atoms in total. The van der Waals surface area contributed by atoms with Crippen molar-refractivity contribution in [3.05, 3.63) is 178 Å². The summed E-state index contributed by atoms with van der Waals surface area (Å²) in [6.45, 7) is 15.0. The van der Waals surface area contributed by atoms with Crippen LogP contribution in [0.25, 0.3) is 12.2 Å². The number of carbonyl (C=O) groups is 3. The molecule has 0 heterocycles. The Bertz CT molecular complexity index is 3140. The number of anilines is 2. The summed E-state index contributed by atoms with van der Waals surface area (Å²) in [5.41, 5.74) is 7.70.